The van der Waals surface area contributed by atoms with Crippen LogP contribution in [0, 0.1) is 0 Å². The molecule has 2 amide bonds. The lowest BCUT2D eigenvalue weighted by atomic mass is 10.0. The van der Waals surface area contributed by atoms with E-state index in [0.29, 0.717) is 30.1 Å². The van der Waals surface area contributed by atoms with Crippen LogP contribution in [-0.4, -0.2) is 48.9 Å². The maximum atomic E-state index is 13.0. The van der Waals surface area contributed by atoms with Crippen LogP contribution in [0.4, 0.5) is 0 Å². The average molecular weight is 408 g/mol. The monoisotopic (exact) mass is 407 g/mol. The van der Waals surface area contributed by atoms with Crippen LogP contribution in [0.2, 0.25) is 5.02 Å². The predicted molar refractivity (Wildman–Crippen MR) is 110 cm³/mol. The molecular formula is C20H23Cl2N3O2. The van der Waals surface area contributed by atoms with Crippen LogP contribution in [0.5, 0.6) is 0 Å². The second kappa shape index (κ2) is 10.3. The van der Waals surface area contributed by atoms with E-state index in [9.17, 15) is 9.59 Å². The van der Waals surface area contributed by atoms with Crippen molar-refractivity contribution in [1.82, 2.24) is 15.5 Å². The number of hydrogen-bond acceptors (Lipinski definition) is 3. The molecule has 0 aromatic heterocycles. The molecule has 5 nitrogen and oxygen atoms in total. The van der Waals surface area contributed by atoms with Crippen LogP contribution in [0.25, 0.3) is 0 Å². The number of nitrogens with one attached hydrogen (secondary N) is 2. The number of rotatable bonds is 5. The van der Waals surface area contributed by atoms with E-state index >= 15 is 0 Å². The summed E-state index contributed by atoms with van der Waals surface area (Å²) in [5, 5.41) is 6.71. The average Bonchev–Trinajstić information content (AvgIpc) is 2.69. The minimum absolute atomic E-state index is 0. The van der Waals surface area contributed by atoms with Crippen LogP contribution in [0.15, 0.2) is 54.6 Å². The summed E-state index contributed by atoms with van der Waals surface area (Å²) in [6.45, 7) is 2.85. The van der Waals surface area contributed by atoms with E-state index in [1.165, 1.54) is 0 Å². The molecule has 1 fully saturated rings. The zero-order chi connectivity index (χ0) is 18.4. The van der Waals surface area contributed by atoms with Crippen molar-refractivity contribution in [3.05, 3.63) is 70.7 Å². The smallest absolute Gasteiger partial charge is 0.251 e. The van der Waals surface area contributed by atoms with Gasteiger partial charge in [0.2, 0.25) is 5.91 Å². The molecule has 1 heterocycles. The third-order valence-electron chi connectivity index (χ3n) is 4.42. The molecular weight excluding hydrogens is 385 g/mol. The summed E-state index contributed by atoms with van der Waals surface area (Å²) in [6.07, 6.45) is 0.461. The van der Waals surface area contributed by atoms with Gasteiger partial charge in [-0.05, 0) is 29.8 Å². The van der Waals surface area contributed by atoms with E-state index < -0.39 is 6.04 Å². The first kappa shape index (κ1) is 21.2. The van der Waals surface area contributed by atoms with E-state index in [4.69, 9.17) is 11.6 Å². The summed E-state index contributed by atoms with van der Waals surface area (Å²) in [5.41, 5.74) is 1.50. The third kappa shape index (κ3) is 5.96. The fraction of sp³-hybridized carbons (Fsp3) is 0.300. The van der Waals surface area contributed by atoms with Gasteiger partial charge in [0.1, 0.15) is 6.04 Å². The lowest BCUT2D eigenvalue weighted by Gasteiger charge is -2.31. The van der Waals surface area contributed by atoms with Gasteiger partial charge in [0.05, 0.1) is 0 Å². The SMILES string of the molecule is Cl.O=C(NC(Cc1ccccc1)C(=O)N1CCNCC1)c1ccc(Cl)cc1. The van der Waals surface area contributed by atoms with Crippen molar-refractivity contribution in [3.63, 3.8) is 0 Å². The summed E-state index contributed by atoms with van der Waals surface area (Å²) < 4.78 is 0. The van der Waals surface area contributed by atoms with Crippen LogP contribution in [0.3, 0.4) is 0 Å². The first-order chi connectivity index (χ1) is 12.6. The predicted octanol–water partition coefficient (Wildman–Crippen LogP) is 2.53. The minimum atomic E-state index is -0.598. The molecule has 1 aliphatic heterocycles. The van der Waals surface area contributed by atoms with Crippen molar-refractivity contribution in [2.24, 2.45) is 0 Å². The zero-order valence-corrected chi connectivity index (χ0v) is 16.4. The van der Waals surface area contributed by atoms with Crippen LogP contribution in [-0.2, 0) is 11.2 Å². The minimum Gasteiger partial charge on any atom is -0.340 e. The van der Waals surface area contributed by atoms with Crippen molar-refractivity contribution in [2.75, 3.05) is 26.2 Å². The fourth-order valence-electron chi connectivity index (χ4n) is 3.00. The number of hydrogen-bond donors (Lipinski definition) is 2. The fourth-order valence-corrected chi connectivity index (χ4v) is 3.12. The second-order valence-corrected chi connectivity index (χ2v) is 6.73. The summed E-state index contributed by atoms with van der Waals surface area (Å²) in [4.78, 5) is 27.4. The number of benzene rings is 2. The Morgan fingerprint density at radius 2 is 1.67 bits per heavy atom. The highest BCUT2D eigenvalue weighted by atomic mass is 35.5. The van der Waals surface area contributed by atoms with Crippen LogP contribution >= 0.6 is 24.0 Å². The molecule has 7 heteroatoms. The Hall–Kier alpha value is -2.08. The lowest BCUT2D eigenvalue weighted by molar-refractivity contribution is -0.133. The number of halogens is 2. The Morgan fingerprint density at radius 3 is 2.30 bits per heavy atom. The largest absolute Gasteiger partial charge is 0.340 e. The molecule has 0 radical (unpaired) electrons. The van der Waals surface area contributed by atoms with Gasteiger partial charge in [-0.3, -0.25) is 9.59 Å². The van der Waals surface area contributed by atoms with E-state index in [1.54, 1.807) is 24.3 Å². The van der Waals surface area contributed by atoms with Gasteiger partial charge in [-0.1, -0.05) is 41.9 Å². The molecule has 0 saturated carbocycles. The van der Waals surface area contributed by atoms with Gasteiger partial charge in [-0.25, -0.2) is 0 Å². The topological polar surface area (TPSA) is 61.4 Å². The van der Waals surface area contributed by atoms with Crippen LogP contribution < -0.4 is 10.6 Å². The molecule has 27 heavy (non-hydrogen) atoms. The highest BCUT2D eigenvalue weighted by molar-refractivity contribution is 6.30. The third-order valence-corrected chi connectivity index (χ3v) is 4.67. The van der Waals surface area contributed by atoms with Gasteiger partial charge >= 0.3 is 0 Å². The highest BCUT2D eigenvalue weighted by Gasteiger charge is 2.27. The summed E-state index contributed by atoms with van der Waals surface area (Å²) in [7, 11) is 0. The number of carbonyl (C=O) groups excluding carboxylic acids is 2. The van der Waals surface area contributed by atoms with E-state index in [0.717, 1.165) is 18.7 Å². The van der Waals surface area contributed by atoms with Crippen molar-refractivity contribution in [1.29, 1.82) is 0 Å². The number of piperazine rings is 1. The van der Waals surface area contributed by atoms with Gasteiger partial charge in [-0.15, -0.1) is 12.4 Å². The molecule has 1 atom stereocenters. The normalized spacial score (nSPS) is 14.8. The highest BCUT2D eigenvalue weighted by Crippen LogP contribution is 2.11. The Bertz CT molecular complexity index is 748. The summed E-state index contributed by atoms with van der Waals surface area (Å²) >= 11 is 5.88. The molecule has 2 aromatic rings. The number of carbonyl (C=O) groups is 2. The van der Waals surface area contributed by atoms with Crippen molar-refractivity contribution >= 4 is 35.8 Å². The zero-order valence-electron chi connectivity index (χ0n) is 14.9. The van der Waals surface area contributed by atoms with Gasteiger partial charge < -0.3 is 15.5 Å². The molecule has 1 unspecified atom stereocenters. The van der Waals surface area contributed by atoms with Gasteiger partial charge in [0.25, 0.3) is 5.91 Å². The van der Waals surface area contributed by atoms with Gasteiger partial charge in [-0.2, -0.15) is 0 Å². The quantitative estimate of drug-likeness (QED) is 0.800. The van der Waals surface area contributed by atoms with E-state index in [-0.39, 0.29) is 24.2 Å². The van der Waals surface area contributed by atoms with Gasteiger partial charge in [0, 0.05) is 43.2 Å². The summed E-state index contributed by atoms with van der Waals surface area (Å²) in [5.74, 6) is -0.316. The second-order valence-electron chi connectivity index (χ2n) is 6.30. The first-order valence-electron chi connectivity index (χ1n) is 8.73. The molecule has 2 aromatic carbocycles. The van der Waals surface area contributed by atoms with Crippen molar-refractivity contribution in [2.45, 2.75) is 12.5 Å². The Morgan fingerprint density at radius 1 is 1.04 bits per heavy atom. The molecule has 3 rings (SSSR count). The Labute approximate surface area is 170 Å². The standard InChI is InChI=1S/C20H22ClN3O2.ClH/c21-17-8-6-16(7-9-17)19(25)23-18(14-15-4-2-1-3-5-15)20(26)24-12-10-22-11-13-24;/h1-9,18,22H,10-14H2,(H,23,25);1H. The van der Waals surface area contributed by atoms with Gasteiger partial charge in [0.15, 0.2) is 0 Å². The Kier molecular flexibility index (Phi) is 8.10. The van der Waals surface area contributed by atoms with Crippen molar-refractivity contribution in [3.8, 4) is 0 Å². The number of nitrogens with zero attached hydrogens (tertiary/aromatic N) is 1. The molecule has 0 bridgehead atoms. The molecule has 1 aliphatic rings. The molecule has 144 valence electrons. The lowest BCUT2D eigenvalue weighted by Crippen LogP contribution is -2.54. The molecule has 0 aliphatic carbocycles. The van der Waals surface area contributed by atoms with Crippen molar-refractivity contribution < 1.29 is 9.59 Å². The Balaban J connectivity index is 0.00000261. The van der Waals surface area contributed by atoms with E-state index in [1.807, 2.05) is 35.2 Å². The maximum absolute atomic E-state index is 13.0. The van der Waals surface area contributed by atoms with Crippen LogP contribution in [0.1, 0.15) is 15.9 Å². The maximum Gasteiger partial charge on any atom is 0.251 e. The first-order valence-corrected chi connectivity index (χ1v) is 9.11. The molecule has 2 N–H and O–H groups in total. The van der Waals surface area contributed by atoms with E-state index in [2.05, 4.69) is 10.6 Å². The molecule has 1 saturated heterocycles. The summed E-state index contributed by atoms with van der Waals surface area (Å²) in [6, 6.07) is 15.8. The molecule has 0 spiro atoms. The number of amides is 2.